The predicted octanol–water partition coefficient (Wildman–Crippen LogP) is 3.74. The molecule has 2 amide bonds. The molecule has 2 aliphatic rings. The lowest BCUT2D eigenvalue weighted by Crippen LogP contribution is -2.38. The maximum Gasteiger partial charge on any atom is 0.273 e. The predicted molar refractivity (Wildman–Crippen MR) is 143 cm³/mol. The van der Waals surface area contributed by atoms with Crippen LogP contribution in [0.1, 0.15) is 61.3 Å². The summed E-state index contributed by atoms with van der Waals surface area (Å²) >= 11 is 0. The summed E-state index contributed by atoms with van der Waals surface area (Å²) in [6.45, 7) is 11.2. The molecule has 0 atom stereocenters. The monoisotopic (exact) mass is 492 g/mol. The third-order valence-corrected chi connectivity index (χ3v) is 6.94. The number of rotatable bonds is 4. The van der Waals surface area contributed by atoms with E-state index in [1.54, 1.807) is 6.07 Å². The van der Waals surface area contributed by atoms with Crippen molar-refractivity contribution < 1.29 is 9.59 Å². The number of nitrogens with zero attached hydrogens (tertiary/aromatic N) is 6. The van der Waals surface area contributed by atoms with Gasteiger partial charge in [0, 0.05) is 57.1 Å². The first-order valence-electron chi connectivity index (χ1n) is 13.3. The second kappa shape index (κ2) is 11.8. The first kappa shape index (κ1) is 26.1. The molecule has 0 spiro atoms. The van der Waals surface area contributed by atoms with Crippen LogP contribution in [-0.2, 0) is 11.3 Å². The molecule has 0 bridgehead atoms. The van der Waals surface area contributed by atoms with E-state index in [9.17, 15) is 9.59 Å². The highest BCUT2D eigenvalue weighted by molar-refractivity contribution is 5.95. The Bertz CT molecular complexity index is 1070. The minimum atomic E-state index is -0.0940. The number of aromatic nitrogens is 2. The van der Waals surface area contributed by atoms with Crippen LogP contribution < -0.4 is 9.80 Å². The van der Waals surface area contributed by atoms with Gasteiger partial charge in [-0.15, -0.1) is 0 Å². The van der Waals surface area contributed by atoms with Crippen LogP contribution in [0, 0.1) is 12.8 Å². The number of hydrogen-bond acceptors (Lipinski definition) is 6. The van der Waals surface area contributed by atoms with Gasteiger partial charge >= 0.3 is 0 Å². The van der Waals surface area contributed by atoms with Crippen molar-refractivity contribution in [3.8, 4) is 0 Å². The van der Waals surface area contributed by atoms with Crippen LogP contribution in [-0.4, -0.2) is 77.9 Å². The summed E-state index contributed by atoms with van der Waals surface area (Å²) in [5.41, 5.74) is 3.13. The number of carbonyl (C=O) groups excluding carboxylic acids is 2. The van der Waals surface area contributed by atoms with E-state index in [0.717, 1.165) is 62.4 Å². The fraction of sp³-hybridized carbons (Fsp3) is 0.571. The molecule has 1 aromatic carbocycles. The molecule has 8 heteroatoms. The smallest absolute Gasteiger partial charge is 0.273 e. The van der Waals surface area contributed by atoms with Crippen molar-refractivity contribution in [1.82, 2.24) is 19.8 Å². The molecule has 0 unspecified atom stereocenters. The second-order valence-corrected chi connectivity index (χ2v) is 10.5. The number of fused-ring (bicyclic) bond motifs is 1. The van der Waals surface area contributed by atoms with Gasteiger partial charge in [-0.05, 0) is 63.4 Å². The molecule has 0 radical (unpaired) electrons. The van der Waals surface area contributed by atoms with Crippen molar-refractivity contribution in [3.63, 3.8) is 0 Å². The van der Waals surface area contributed by atoms with E-state index in [0.29, 0.717) is 37.7 Å². The van der Waals surface area contributed by atoms with E-state index in [1.165, 1.54) is 0 Å². The van der Waals surface area contributed by atoms with Crippen LogP contribution in [0.4, 0.5) is 11.6 Å². The van der Waals surface area contributed by atoms with E-state index < -0.39 is 0 Å². The third-order valence-electron chi connectivity index (χ3n) is 6.94. The summed E-state index contributed by atoms with van der Waals surface area (Å²) in [7, 11) is 2.08. The number of likely N-dealkylation sites (N-methyl/N-ethyl adjacent to an activating group) is 1. The minimum absolute atomic E-state index is 0.0940. The van der Waals surface area contributed by atoms with Crippen molar-refractivity contribution in [2.75, 3.05) is 56.1 Å². The van der Waals surface area contributed by atoms with Crippen LogP contribution in [0.15, 0.2) is 30.3 Å². The number of aryl methyl sites for hydroxylation is 1. The Labute approximate surface area is 215 Å². The molecule has 36 heavy (non-hydrogen) atoms. The van der Waals surface area contributed by atoms with Gasteiger partial charge in [0.1, 0.15) is 5.69 Å². The number of hydrogen-bond donors (Lipinski definition) is 0. The highest BCUT2D eigenvalue weighted by Gasteiger charge is 2.26. The lowest BCUT2D eigenvalue weighted by Gasteiger charge is -2.28. The summed E-state index contributed by atoms with van der Waals surface area (Å²) in [6.07, 6.45) is 3.64. The third kappa shape index (κ3) is 6.40. The number of amides is 2. The Morgan fingerprint density at radius 1 is 0.944 bits per heavy atom. The molecule has 8 nitrogen and oxygen atoms in total. The maximum absolute atomic E-state index is 13.9. The fourth-order valence-electron chi connectivity index (χ4n) is 4.99. The van der Waals surface area contributed by atoms with Crippen molar-refractivity contribution >= 4 is 23.5 Å². The minimum Gasteiger partial charge on any atom is -0.341 e. The van der Waals surface area contributed by atoms with Gasteiger partial charge in [-0.25, -0.2) is 9.97 Å². The molecular weight excluding hydrogens is 452 g/mol. The van der Waals surface area contributed by atoms with E-state index in [-0.39, 0.29) is 17.7 Å². The molecule has 1 saturated heterocycles. The van der Waals surface area contributed by atoms with Gasteiger partial charge in [-0.2, -0.15) is 0 Å². The summed E-state index contributed by atoms with van der Waals surface area (Å²) < 4.78 is 0. The van der Waals surface area contributed by atoms with Crippen LogP contribution in [0.2, 0.25) is 0 Å². The molecular formula is C28H40N6O2. The zero-order valence-electron chi connectivity index (χ0n) is 22.2. The Morgan fingerprint density at radius 2 is 1.69 bits per heavy atom. The molecule has 2 aliphatic heterocycles. The Balaban J connectivity index is 1.67. The highest BCUT2D eigenvalue weighted by Crippen LogP contribution is 2.26. The van der Waals surface area contributed by atoms with E-state index in [1.807, 2.05) is 41.0 Å². The average Bonchev–Trinajstić information content (AvgIpc) is 3.37. The molecule has 4 rings (SSSR count). The summed E-state index contributed by atoms with van der Waals surface area (Å²) in [6, 6.07) is 9.80. The standard InChI is InChI=1S/C28H40N6O2/c1-21(2)18-26(35)34-15-9-12-31(4)16-17-33(20-23-10-5-6-11-25(23)34)27(36)24-19-22(3)29-28(30-24)32-13-7-8-14-32/h5-6,10-11,19,21H,7-9,12-18,20H2,1-4H3. The highest BCUT2D eigenvalue weighted by atomic mass is 16.2. The second-order valence-electron chi connectivity index (χ2n) is 10.5. The molecule has 1 aromatic heterocycles. The molecule has 194 valence electrons. The van der Waals surface area contributed by atoms with Gasteiger partial charge in [0.25, 0.3) is 5.91 Å². The molecule has 2 aromatic rings. The quantitative estimate of drug-likeness (QED) is 0.647. The molecule has 0 N–H and O–H groups in total. The van der Waals surface area contributed by atoms with Gasteiger partial charge < -0.3 is 19.6 Å². The molecule has 3 heterocycles. The lowest BCUT2D eigenvalue weighted by molar-refractivity contribution is -0.119. The molecule has 0 aliphatic carbocycles. The van der Waals surface area contributed by atoms with E-state index >= 15 is 0 Å². The first-order chi connectivity index (χ1) is 17.3. The van der Waals surface area contributed by atoms with E-state index in [2.05, 4.69) is 35.7 Å². The van der Waals surface area contributed by atoms with Crippen LogP contribution >= 0.6 is 0 Å². The number of benzene rings is 1. The van der Waals surface area contributed by atoms with Gasteiger partial charge in [-0.3, -0.25) is 9.59 Å². The van der Waals surface area contributed by atoms with E-state index in [4.69, 9.17) is 4.98 Å². The first-order valence-corrected chi connectivity index (χ1v) is 13.3. The number of para-hydroxylation sites is 1. The molecule has 0 saturated carbocycles. The zero-order chi connectivity index (χ0) is 25.7. The summed E-state index contributed by atoms with van der Waals surface area (Å²) in [5.74, 6) is 0.980. The van der Waals surface area contributed by atoms with Crippen molar-refractivity contribution in [2.24, 2.45) is 5.92 Å². The number of carbonyl (C=O) groups is 2. The van der Waals surface area contributed by atoms with Gasteiger partial charge in [0.05, 0.1) is 0 Å². The van der Waals surface area contributed by atoms with Gasteiger partial charge in [-0.1, -0.05) is 32.0 Å². The summed E-state index contributed by atoms with van der Waals surface area (Å²) in [4.78, 5) is 44.6. The van der Waals surface area contributed by atoms with Gasteiger partial charge in [0.2, 0.25) is 11.9 Å². The van der Waals surface area contributed by atoms with Crippen molar-refractivity contribution in [1.29, 1.82) is 0 Å². The van der Waals surface area contributed by atoms with Crippen LogP contribution in [0.5, 0.6) is 0 Å². The van der Waals surface area contributed by atoms with Crippen LogP contribution in [0.3, 0.4) is 0 Å². The summed E-state index contributed by atoms with van der Waals surface area (Å²) in [5, 5.41) is 0. The van der Waals surface area contributed by atoms with Crippen LogP contribution in [0.25, 0.3) is 0 Å². The Hall–Kier alpha value is -3.00. The average molecular weight is 493 g/mol. The Kier molecular flexibility index (Phi) is 8.56. The Morgan fingerprint density at radius 3 is 2.44 bits per heavy atom. The largest absolute Gasteiger partial charge is 0.341 e. The maximum atomic E-state index is 13.9. The normalized spacial score (nSPS) is 17.8. The van der Waals surface area contributed by atoms with Crippen molar-refractivity contribution in [2.45, 2.75) is 53.0 Å². The SMILES string of the molecule is Cc1cc(C(=O)N2CCN(C)CCCN(C(=O)CC(C)C)c3ccccc3C2)nc(N2CCCC2)n1. The fourth-order valence-corrected chi connectivity index (χ4v) is 4.99. The topological polar surface area (TPSA) is 72.9 Å². The number of anilines is 2. The molecule has 1 fully saturated rings. The zero-order valence-corrected chi connectivity index (χ0v) is 22.2. The van der Waals surface area contributed by atoms with Crippen molar-refractivity contribution in [3.05, 3.63) is 47.3 Å². The lowest BCUT2D eigenvalue weighted by atomic mass is 10.1. The van der Waals surface area contributed by atoms with Gasteiger partial charge in [0.15, 0.2) is 0 Å².